The van der Waals surface area contributed by atoms with Gasteiger partial charge >= 0.3 is 0 Å². The second kappa shape index (κ2) is 5.01. The Labute approximate surface area is 121 Å². The summed E-state index contributed by atoms with van der Waals surface area (Å²) in [7, 11) is 0. The van der Waals surface area contributed by atoms with Crippen LogP contribution in [0.15, 0.2) is 24.3 Å². The molecule has 2 fully saturated rings. The van der Waals surface area contributed by atoms with E-state index in [-0.39, 0.29) is 5.41 Å². The van der Waals surface area contributed by atoms with Gasteiger partial charge in [0, 0.05) is 17.2 Å². The fraction of sp³-hybridized carbons (Fsp3) is 0.647. The number of hydrogen-bond acceptors (Lipinski definition) is 1. The molecular weight excluding hydrogens is 256 g/mol. The van der Waals surface area contributed by atoms with Crippen molar-refractivity contribution in [2.45, 2.75) is 63.4 Å². The molecule has 2 saturated carbocycles. The monoisotopic (exact) mass is 278 g/mol. The van der Waals surface area contributed by atoms with Crippen LogP contribution in [-0.4, -0.2) is 11.5 Å². The molecule has 2 atom stereocenters. The Bertz CT molecular complexity index is 431. The third-order valence-corrected chi connectivity index (χ3v) is 5.66. The van der Waals surface area contributed by atoms with Gasteiger partial charge in [-0.1, -0.05) is 38.8 Å². The molecule has 0 bridgehead atoms. The van der Waals surface area contributed by atoms with Crippen LogP contribution < -0.4 is 4.74 Å². The number of hydrogen-bond donors (Lipinski definition) is 0. The largest absolute Gasteiger partial charge is 0.490 e. The number of halogens is 1. The Hall–Kier alpha value is -0.690. The van der Waals surface area contributed by atoms with E-state index >= 15 is 0 Å². The van der Waals surface area contributed by atoms with Crippen molar-refractivity contribution >= 4 is 11.6 Å². The van der Waals surface area contributed by atoms with Crippen molar-refractivity contribution in [2.75, 3.05) is 0 Å². The molecule has 0 saturated heterocycles. The van der Waals surface area contributed by atoms with Crippen LogP contribution in [0.5, 0.6) is 5.75 Å². The first-order chi connectivity index (χ1) is 9.12. The van der Waals surface area contributed by atoms with Crippen LogP contribution in [0.4, 0.5) is 0 Å². The SMILES string of the molecule is CC(C)c1ccc(OC2CC(Cl)C23CCCC3)cc1. The topological polar surface area (TPSA) is 9.23 Å². The van der Waals surface area contributed by atoms with Crippen LogP contribution in [0.3, 0.4) is 0 Å². The molecule has 2 unspecified atom stereocenters. The molecule has 104 valence electrons. The molecule has 1 aromatic carbocycles. The quantitative estimate of drug-likeness (QED) is 0.697. The number of ether oxygens (including phenoxy) is 1. The van der Waals surface area contributed by atoms with Crippen LogP contribution in [0.1, 0.15) is 57.4 Å². The summed E-state index contributed by atoms with van der Waals surface area (Å²) in [6, 6.07) is 8.58. The zero-order chi connectivity index (χ0) is 13.5. The van der Waals surface area contributed by atoms with Gasteiger partial charge in [0.15, 0.2) is 0 Å². The van der Waals surface area contributed by atoms with E-state index in [0.717, 1.165) is 12.2 Å². The molecule has 0 N–H and O–H groups in total. The predicted octanol–water partition coefficient (Wildman–Crippen LogP) is 5.13. The highest BCUT2D eigenvalue weighted by molar-refractivity contribution is 6.21. The van der Waals surface area contributed by atoms with E-state index in [1.165, 1.54) is 31.2 Å². The molecule has 0 aliphatic heterocycles. The molecule has 1 nitrogen and oxygen atoms in total. The molecule has 1 spiro atoms. The smallest absolute Gasteiger partial charge is 0.119 e. The number of benzene rings is 1. The second-order valence-electron chi connectivity index (χ2n) is 6.47. The van der Waals surface area contributed by atoms with Crippen LogP contribution in [0.25, 0.3) is 0 Å². The van der Waals surface area contributed by atoms with E-state index in [1.807, 2.05) is 0 Å². The summed E-state index contributed by atoms with van der Waals surface area (Å²) < 4.78 is 6.21. The van der Waals surface area contributed by atoms with Crippen LogP contribution in [0.2, 0.25) is 0 Å². The fourth-order valence-corrected chi connectivity index (χ4v) is 4.15. The number of alkyl halides is 1. The molecule has 0 aromatic heterocycles. The summed E-state index contributed by atoms with van der Waals surface area (Å²) >= 11 is 6.46. The third kappa shape index (κ3) is 2.27. The van der Waals surface area contributed by atoms with Crippen molar-refractivity contribution < 1.29 is 4.74 Å². The first-order valence-corrected chi connectivity index (χ1v) is 7.96. The maximum absolute atomic E-state index is 6.46. The highest BCUT2D eigenvalue weighted by Crippen LogP contribution is 2.57. The van der Waals surface area contributed by atoms with Crippen molar-refractivity contribution in [2.24, 2.45) is 5.41 Å². The highest BCUT2D eigenvalue weighted by Gasteiger charge is 2.56. The molecule has 19 heavy (non-hydrogen) atoms. The normalized spacial score (nSPS) is 28.6. The Balaban J connectivity index is 1.68. The first-order valence-electron chi connectivity index (χ1n) is 7.52. The lowest BCUT2D eigenvalue weighted by molar-refractivity contribution is -0.0355. The molecule has 2 aliphatic rings. The lowest BCUT2D eigenvalue weighted by Crippen LogP contribution is -2.55. The molecule has 2 heteroatoms. The molecule has 0 amide bonds. The van der Waals surface area contributed by atoms with Gasteiger partial charge in [-0.05, 0) is 36.5 Å². The summed E-state index contributed by atoms with van der Waals surface area (Å²) in [6.45, 7) is 4.43. The maximum atomic E-state index is 6.46. The predicted molar refractivity (Wildman–Crippen MR) is 80.1 cm³/mol. The fourth-order valence-electron chi connectivity index (χ4n) is 3.63. The minimum atomic E-state index is 0.276. The van der Waals surface area contributed by atoms with Crippen molar-refractivity contribution in [3.63, 3.8) is 0 Å². The Morgan fingerprint density at radius 2 is 1.79 bits per heavy atom. The highest BCUT2D eigenvalue weighted by atomic mass is 35.5. The zero-order valence-corrected chi connectivity index (χ0v) is 12.6. The van der Waals surface area contributed by atoms with Gasteiger partial charge in [0.1, 0.15) is 11.9 Å². The van der Waals surface area contributed by atoms with Gasteiger partial charge in [-0.15, -0.1) is 11.6 Å². The number of rotatable bonds is 3. The van der Waals surface area contributed by atoms with Crippen molar-refractivity contribution in [3.8, 4) is 5.75 Å². The molecular formula is C17H23ClO. The average molecular weight is 279 g/mol. The van der Waals surface area contributed by atoms with E-state index in [0.29, 0.717) is 17.4 Å². The summed E-state index contributed by atoms with van der Waals surface area (Å²) in [5, 5.41) is 0.329. The standard InChI is InChI=1S/C17H23ClO/c1-12(2)13-5-7-14(8-6-13)19-16-11-15(18)17(16)9-3-4-10-17/h5-8,12,15-16H,3-4,9-11H2,1-2H3. The lowest BCUT2D eigenvalue weighted by atomic mass is 9.64. The lowest BCUT2D eigenvalue weighted by Gasteiger charge is -2.50. The van der Waals surface area contributed by atoms with Gasteiger partial charge in [-0.25, -0.2) is 0 Å². The Morgan fingerprint density at radius 3 is 2.32 bits per heavy atom. The van der Waals surface area contributed by atoms with Gasteiger partial charge in [0.25, 0.3) is 0 Å². The van der Waals surface area contributed by atoms with E-state index in [4.69, 9.17) is 16.3 Å². The van der Waals surface area contributed by atoms with Gasteiger partial charge in [0.05, 0.1) is 0 Å². The Kier molecular flexibility index (Phi) is 3.51. The van der Waals surface area contributed by atoms with Gasteiger partial charge in [0.2, 0.25) is 0 Å². The minimum Gasteiger partial charge on any atom is -0.490 e. The second-order valence-corrected chi connectivity index (χ2v) is 7.00. The van der Waals surface area contributed by atoms with E-state index in [1.54, 1.807) is 0 Å². The first kappa shape index (κ1) is 13.3. The molecule has 0 radical (unpaired) electrons. The van der Waals surface area contributed by atoms with Crippen LogP contribution in [0, 0.1) is 5.41 Å². The third-order valence-electron chi connectivity index (χ3n) is 5.05. The summed E-state index contributed by atoms with van der Waals surface area (Å²) in [5.74, 6) is 1.58. The minimum absolute atomic E-state index is 0.276. The summed E-state index contributed by atoms with van der Waals surface area (Å²) in [6.07, 6.45) is 6.46. The zero-order valence-electron chi connectivity index (χ0n) is 11.9. The summed E-state index contributed by atoms with van der Waals surface area (Å²) in [4.78, 5) is 0. The molecule has 2 aliphatic carbocycles. The summed E-state index contributed by atoms with van der Waals surface area (Å²) in [5.41, 5.74) is 1.64. The van der Waals surface area contributed by atoms with Crippen LogP contribution >= 0.6 is 11.6 Å². The molecule has 1 aromatic rings. The van der Waals surface area contributed by atoms with Gasteiger partial charge in [-0.3, -0.25) is 0 Å². The van der Waals surface area contributed by atoms with E-state index < -0.39 is 0 Å². The molecule has 0 heterocycles. The maximum Gasteiger partial charge on any atom is 0.119 e. The Morgan fingerprint density at radius 1 is 1.16 bits per heavy atom. The average Bonchev–Trinajstić information content (AvgIpc) is 2.91. The van der Waals surface area contributed by atoms with Gasteiger partial charge < -0.3 is 4.74 Å². The van der Waals surface area contributed by atoms with Crippen LogP contribution in [-0.2, 0) is 0 Å². The van der Waals surface area contributed by atoms with E-state index in [9.17, 15) is 0 Å². The van der Waals surface area contributed by atoms with Gasteiger partial charge in [-0.2, -0.15) is 0 Å². The van der Waals surface area contributed by atoms with Crippen molar-refractivity contribution in [3.05, 3.63) is 29.8 Å². The van der Waals surface area contributed by atoms with Crippen molar-refractivity contribution in [1.29, 1.82) is 0 Å². The molecule has 3 rings (SSSR count). The van der Waals surface area contributed by atoms with Crippen molar-refractivity contribution in [1.82, 2.24) is 0 Å². The van der Waals surface area contributed by atoms with E-state index in [2.05, 4.69) is 38.1 Å².